The lowest BCUT2D eigenvalue weighted by Gasteiger charge is -2.29. The number of carboxylic acids is 1. The first kappa shape index (κ1) is 13.9. The summed E-state index contributed by atoms with van der Waals surface area (Å²) in [7, 11) is 1.79. The van der Waals surface area contributed by atoms with Gasteiger partial charge in [-0.15, -0.1) is 0 Å². The van der Waals surface area contributed by atoms with Crippen LogP contribution in [0, 0.1) is 12.8 Å². The molecule has 1 aromatic heterocycles. The highest BCUT2D eigenvalue weighted by Gasteiger charge is 2.24. The van der Waals surface area contributed by atoms with E-state index < -0.39 is 5.97 Å². The molecule has 1 aliphatic rings. The Morgan fingerprint density at radius 1 is 1.42 bits per heavy atom. The van der Waals surface area contributed by atoms with Crippen molar-refractivity contribution in [1.29, 1.82) is 0 Å². The number of hydrogen-bond acceptors (Lipinski definition) is 3. The predicted molar refractivity (Wildman–Crippen MR) is 74.6 cm³/mol. The average Bonchev–Trinajstić information content (AvgIpc) is 2.65. The molecule has 1 aromatic rings. The first-order valence-electron chi connectivity index (χ1n) is 7.06. The average molecular weight is 265 g/mol. The van der Waals surface area contributed by atoms with Gasteiger partial charge in [0.15, 0.2) is 0 Å². The first-order chi connectivity index (χ1) is 9.02. The Balaban J connectivity index is 2.09. The highest BCUT2D eigenvalue weighted by molar-refractivity contribution is 5.94. The van der Waals surface area contributed by atoms with Crippen molar-refractivity contribution in [3.8, 4) is 0 Å². The normalized spacial score (nSPS) is 23.3. The largest absolute Gasteiger partial charge is 0.477 e. The van der Waals surface area contributed by atoms with Crippen molar-refractivity contribution in [2.24, 2.45) is 13.0 Å². The molecular weight excluding hydrogens is 242 g/mol. The topological polar surface area (TPSA) is 67.2 Å². The van der Waals surface area contributed by atoms with Crippen molar-refractivity contribution in [3.63, 3.8) is 0 Å². The summed E-state index contributed by atoms with van der Waals surface area (Å²) in [6, 6.07) is 0.371. The van der Waals surface area contributed by atoms with Crippen LogP contribution >= 0.6 is 0 Å². The Bertz CT molecular complexity index is 460. The summed E-state index contributed by atoms with van der Waals surface area (Å²) in [5, 5.41) is 16.9. The van der Waals surface area contributed by atoms with E-state index in [1.165, 1.54) is 19.3 Å². The summed E-state index contributed by atoms with van der Waals surface area (Å²) < 4.78 is 1.64. The zero-order valence-corrected chi connectivity index (χ0v) is 11.9. The second kappa shape index (κ2) is 5.63. The highest BCUT2D eigenvalue weighted by Crippen LogP contribution is 2.29. The number of aromatic nitrogens is 2. The van der Waals surface area contributed by atoms with E-state index in [9.17, 15) is 9.90 Å². The van der Waals surface area contributed by atoms with E-state index in [-0.39, 0.29) is 0 Å². The van der Waals surface area contributed by atoms with Gasteiger partial charge in [-0.2, -0.15) is 5.10 Å². The van der Waals surface area contributed by atoms with E-state index in [2.05, 4.69) is 17.3 Å². The Kier molecular flexibility index (Phi) is 4.12. The van der Waals surface area contributed by atoms with E-state index in [0.29, 0.717) is 23.1 Å². The van der Waals surface area contributed by atoms with Crippen molar-refractivity contribution in [1.82, 2.24) is 9.78 Å². The van der Waals surface area contributed by atoms with Gasteiger partial charge in [-0.1, -0.05) is 13.3 Å². The van der Waals surface area contributed by atoms with Crippen molar-refractivity contribution < 1.29 is 9.90 Å². The molecule has 2 rings (SSSR count). The van der Waals surface area contributed by atoms with Crippen molar-refractivity contribution in [2.75, 3.05) is 5.32 Å². The third-order valence-corrected chi connectivity index (χ3v) is 4.20. The van der Waals surface area contributed by atoms with Crippen LogP contribution in [0.3, 0.4) is 0 Å². The van der Waals surface area contributed by atoms with E-state index >= 15 is 0 Å². The SMILES string of the molecule is CCC1CCC(Nc2c(C(=O)O)c(C)nn2C)CC1. The van der Waals surface area contributed by atoms with Crippen molar-refractivity contribution >= 4 is 11.8 Å². The molecule has 0 unspecified atom stereocenters. The van der Waals surface area contributed by atoms with Gasteiger partial charge in [0, 0.05) is 13.1 Å². The third-order valence-electron chi connectivity index (χ3n) is 4.20. The number of rotatable bonds is 4. The minimum Gasteiger partial charge on any atom is -0.477 e. The van der Waals surface area contributed by atoms with Crippen LogP contribution in [0.1, 0.15) is 55.1 Å². The fourth-order valence-electron chi connectivity index (χ4n) is 2.99. The number of nitrogens with zero attached hydrogens (tertiary/aromatic N) is 2. The zero-order valence-electron chi connectivity index (χ0n) is 11.9. The molecule has 0 aliphatic heterocycles. The molecule has 5 heteroatoms. The van der Waals surface area contributed by atoms with Crippen LogP contribution in [0.25, 0.3) is 0 Å². The molecule has 1 heterocycles. The van der Waals surface area contributed by atoms with Gasteiger partial charge in [0.2, 0.25) is 0 Å². The molecule has 0 aromatic carbocycles. The van der Waals surface area contributed by atoms with Gasteiger partial charge in [-0.25, -0.2) is 4.79 Å². The van der Waals surface area contributed by atoms with Crippen LogP contribution in [0.2, 0.25) is 0 Å². The minimum atomic E-state index is -0.907. The van der Waals surface area contributed by atoms with Gasteiger partial charge in [-0.05, 0) is 38.5 Å². The predicted octanol–water partition coefficient (Wildman–Crippen LogP) is 2.81. The van der Waals surface area contributed by atoms with Crippen LogP contribution in [0.5, 0.6) is 0 Å². The lowest BCUT2D eigenvalue weighted by atomic mass is 9.84. The van der Waals surface area contributed by atoms with E-state index in [4.69, 9.17) is 0 Å². The fraction of sp³-hybridized carbons (Fsp3) is 0.714. The summed E-state index contributed by atoms with van der Waals surface area (Å²) >= 11 is 0. The second-order valence-corrected chi connectivity index (χ2v) is 5.51. The smallest absolute Gasteiger partial charge is 0.341 e. The first-order valence-corrected chi connectivity index (χ1v) is 7.06. The number of aromatic carboxylic acids is 1. The van der Waals surface area contributed by atoms with Gasteiger partial charge in [0.05, 0.1) is 5.69 Å². The molecule has 106 valence electrons. The maximum atomic E-state index is 11.3. The lowest BCUT2D eigenvalue weighted by Crippen LogP contribution is -2.27. The molecular formula is C14H23N3O2. The molecule has 0 atom stereocenters. The van der Waals surface area contributed by atoms with Crippen LogP contribution in [0.4, 0.5) is 5.82 Å². The Hall–Kier alpha value is -1.52. The lowest BCUT2D eigenvalue weighted by molar-refractivity contribution is 0.0697. The Morgan fingerprint density at radius 2 is 2.05 bits per heavy atom. The zero-order chi connectivity index (χ0) is 14.0. The van der Waals surface area contributed by atoms with Crippen LogP contribution in [-0.2, 0) is 7.05 Å². The quantitative estimate of drug-likeness (QED) is 0.878. The maximum absolute atomic E-state index is 11.3. The molecule has 0 amide bonds. The number of hydrogen-bond donors (Lipinski definition) is 2. The van der Waals surface area contributed by atoms with Gasteiger partial charge in [-0.3, -0.25) is 4.68 Å². The van der Waals surface area contributed by atoms with Gasteiger partial charge in [0.1, 0.15) is 11.4 Å². The number of aryl methyl sites for hydroxylation is 2. The van der Waals surface area contributed by atoms with Crippen molar-refractivity contribution in [2.45, 2.75) is 52.0 Å². The summed E-state index contributed by atoms with van der Waals surface area (Å²) in [5.41, 5.74) is 0.875. The van der Waals surface area contributed by atoms with Crippen LogP contribution in [0.15, 0.2) is 0 Å². The summed E-state index contributed by atoms with van der Waals surface area (Å²) in [6.07, 6.45) is 5.93. The van der Waals surface area contributed by atoms with Crippen molar-refractivity contribution in [3.05, 3.63) is 11.3 Å². The number of carboxylic acid groups (broad SMARTS) is 1. The molecule has 19 heavy (non-hydrogen) atoms. The van der Waals surface area contributed by atoms with Gasteiger partial charge in [0.25, 0.3) is 0 Å². The van der Waals surface area contributed by atoms with Gasteiger partial charge >= 0.3 is 5.97 Å². The molecule has 0 saturated heterocycles. The maximum Gasteiger partial charge on any atom is 0.341 e. The molecule has 5 nitrogen and oxygen atoms in total. The van der Waals surface area contributed by atoms with E-state index in [1.807, 2.05) is 0 Å². The Morgan fingerprint density at radius 3 is 2.58 bits per heavy atom. The van der Waals surface area contributed by atoms with E-state index in [1.54, 1.807) is 18.7 Å². The summed E-state index contributed by atoms with van der Waals surface area (Å²) in [5.74, 6) is 0.575. The van der Waals surface area contributed by atoms with Crippen LogP contribution < -0.4 is 5.32 Å². The minimum absolute atomic E-state index is 0.306. The standard InChI is InChI=1S/C14H23N3O2/c1-4-10-5-7-11(8-6-10)15-13-12(14(18)19)9(2)16-17(13)3/h10-11,15H,4-8H2,1-3H3,(H,18,19). The highest BCUT2D eigenvalue weighted by atomic mass is 16.4. The van der Waals surface area contributed by atoms with Crippen LogP contribution in [-0.4, -0.2) is 26.9 Å². The molecule has 0 radical (unpaired) electrons. The molecule has 0 spiro atoms. The number of carbonyl (C=O) groups is 1. The molecule has 1 saturated carbocycles. The summed E-state index contributed by atoms with van der Waals surface area (Å²) in [4.78, 5) is 11.3. The number of nitrogens with one attached hydrogen (secondary N) is 1. The molecule has 0 bridgehead atoms. The molecule has 2 N–H and O–H groups in total. The third kappa shape index (κ3) is 2.91. The number of anilines is 1. The molecule has 1 aliphatic carbocycles. The van der Waals surface area contributed by atoms with E-state index in [0.717, 1.165) is 18.8 Å². The fourth-order valence-corrected chi connectivity index (χ4v) is 2.99. The Labute approximate surface area is 114 Å². The summed E-state index contributed by atoms with van der Waals surface area (Å²) in [6.45, 7) is 3.98. The van der Waals surface area contributed by atoms with Gasteiger partial charge < -0.3 is 10.4 Å². The second-order valence-electron chi connectivity index (χ2n) is 5.51. The monoisotopic (exact) mass is 265 g/mol. The molecule has 1 fully saturated rings.